The van der Waals surface area contributed by atoms with E-state index in [9.17, 15) is 9.90 Å². The van der Waals surface area contributed by atoms with Gasteiger partial charge >= 0.3 is 0 Å². The van der Waals surface area contributed by atoms with Crippen molar-refractivity contribution in [3.05, 3.63) is 53.9 Å². The Morgan fingerprint density at radius 2 is 2.16 bits per heavy atom. The summed E-state index contributed by atoms with van der Waals surface area (Å²) in [6.07, 6.45) is 0.942. The van der Waals surface area contributed by atoms with Crippen molar-refractivity contribution in [1.82, 2.24) is 4.98 Å². The van der Waals surface area contributed by atoms with E-state index < -0.39 is 12.0 Å². The third-order valence-corrected chi connectivity index (χ3v) is 4.26. The van der Waals surface area contributed by atoms with Crippen molar-refractivity contribution in [2.45, 2.75) is 24.9 Å². The van der Waals surface area contributed by atoms with Gasteiger partial charge in [-0.1, -0.05) is 12.1 Å². The van der Waals surface area contributed by atoms with Gasteiger partial charge < -0.3 is 19.6 Å². The SMILES string of the molecule is COc1cccc(C(O)C(=O)Nc2ccc3oc(C4CC4)nc3c2)c1. The number of hydrogen-bond donors (Lipinski definition) is 2. The van der Waals surface area contributed by atoms with Crippen molar-refractivity contribution >= 4 is 22.7 Å². The quantitative estimate of drug-likeness (QED) is 0.745. The fourth-order valence-corrected chi connectivity index (χ4v) is 2.70. The molecule has 2 N–H and O–H groups in total. The van der Waals surface area contributed by atoms with Crippen LogP contribution in [0.3, 0.4) is 0 Å². The standard InChI is InChI=1S/C19H18N2O4/c1-24-14-4-2-3-12(9-14)17(22)18(23)20-13-7-8-16-15(10-13)21-19(25-16)11-5-6-11/h2-4,7-11,17,22H,5-6H2,1H3,(H,20,23). The molecule has 1 aliphatic carbocycles. The number of oxazole rings is 1. The second kappa shape index (κ2) is 6.22. The number of nitrogens with one attached hydrogen (secondary N) is 1. The van der Waals surface area contributed by atoms with Crippen molar-refractivity contribution in [2.75, 3.05) is 12.4 Å². The van der Waals surface area contributed by atoms with Gasteiger partial charge in [-0.05, 0) is 48.7 Å². The van der Waals surface area contributed by atoms with Gasteiger partial charge in [-0.25, -0.2) is 4.98 Å². The van der Waals surface area contributed by atoms with Gasteiger partial charge in [-0.3, -0.25) is 4.79 Å². The Balaban J connectivity index is 1.52. The molecular weight excluding hydrogens is 320 g/mol. The third kappa shape index (κ3) is 3.21. The molecular formula is C19H18N2O4. The van der Waals surface area contributed by atoms with Crippen LogP contribution in [0.1, 0.15) is 36.3 Å². The second-order valence-corrected chi connectivity index (χ2v) is 6.18. The first-order valence-corrected chi connectivity index (χ1v) is 8.17. The van der Waals surface area contributed by atoms with Gasteiger partial charge in [0.05, 0.1) is 7.11 Å². The number of aromatic nitrogens is 1. The second-order valence-electron chi connectivity index (χ2n) is 6.18. The number of carbonyl (C=O) groups is 1. The molecule has 0 bridgehead atoms. The number of rotatable bonds is 5. The smallest absolute Gasteiger partial charge is 0.257 e. The van der Waals surface area contributed by atoms with Crippen LogP contribution < -0.4 is 10.1 Å². The Labute approximate surface area is 144 Å². The van der Waals surface area contributed by atoms with Crippen LogP contribution in [0.5, 0.6) is 5.75 Å². The molecule has 3 aromatic rings. The van der Waals surface area contributed by atoms with Crippen LogP contribution in [-0.2, 0) is 4.79 Å². The fourth-order valence-electron chi connectivity index (χ4n) is 2.70. The molecule has 0 aliphatic heterocycles. The highest BCUT2D eigenvalue weighted by Crippen LogP contribution is 2.40. The van der Waals surface area contributed by atoms with Crippen LogP contribution in [0.4, 0.5) is 5.69 Å². The number of amides is 1. The van der Waals surface area contributed by atoms with Crippen molar-refractivity contribution in [3.8, 4) is 5.75 Å². The summed E-state index contributed by atoms with van der Waals surface area (Å²) in [5.41, 5.74) is 2.44. The van der Waals surface area contributed by atoms with Gasteiger partial charge in [0.1, 0.15) is 11.3 Å². The molecule has 0 saturated heterocycles. The van der Waals surface area contributed by atoms with Gasteiger partial charge in [0.25, 0.3) is 5.91 Å². The predicted molar refractivity (Wildman–Crippen MR) is 92.6 cm³/mol. The number of aliphatic hydroxyl groups is 1. The highest BCUT2D eigenvalue weighted by atomic mass is 16.5. The van der Waals surface area contributed by atoms with E-state index in [2.05, 4.69) is 10.3 Å². The van der Waals surface area contributed by atoms with E-state index in [0.29, 0.717) is 34.0 Å². The molecule has 0 radical (unpaired) electrons. The molecule has 2 aromatic carbocycles. The monoisotopic (exact) mass is 338 g/mol. The summed E-state index contributed by atoms with van der Waals surface area (Å²) in [7, 11) is 1.54. The van der Waals surface area contributed by atoms with Crippen LogP contribution in [0.2, 0.25) is 0 Å². The summed E-state index contributed by atoms with van der Waals surface area (Å²) in [6.45, 7) is 0. The molecule has 1 aliphatic rings. The van der Waals surface area contributed by atoms with Crippen LogP contribution in [-0.4, -0.2) is 23.1 Å². The van der Waals surface area contributed by atoms with Gasteiger partial charge in [0.2, 0.25) is 0 Å². The highest BCUT2D eigenvalue weighted by Gasteiger charge is 2.29. The first-order chi connectivity index (χ1) is 12.1. The van der Waals surface area contributed by atoms with Crippen LogP contribution in [0.25, 0.3) is 11.1 Å². The van der Waals surface area contributed by atoms with E-state index >= 15 is 0 Å². The lowest BCUT2D eigenvalue weighted by Crippen LogP contribution is -2.20. The topological polar surface area (TPSA) is 84.6 Å². The number of carbonyl (C=O) groups excluding carboxylic acids is 1. The van der Waals surface area contributed by atoms with Crippen LogP contribution in [0.15, 0.2) is 46.9 Å². The Morgan fingerprint density at radius 1 is 1.32 bits per heavy atom. The maximum Gasteiger partial charge on any atom is 0.257 e. The molecule has 4 rings (SSSR count). The number of ether oxygens (including phenoxy) is 1. The predicted octanol–water partition coefficient (Wildman–Crippen LogP) is 3.39. The van der Waals surface area contributed by atoms with E-state index in [4.69, 9.17) is 9.15 Å². The summed E-state index contributed by atoms with van der Waals surface area (Å²) < 4.78 is 10.8. The summed E-state index contributed by atoms with van der Waals surface area (Å²) in [6, 6.07) is 12.1. The molecule has 0 spiro atoms. The number of methoxy groups -OCH3 is 1. The zero-order valence-electron chi connectivity index (χ0n) is 13.7. The van der Waals surface area contributed by atoms with Crippen molar-refractivity contribution in [1.29, 1.82) is 0 Å². The Hall–Kier alpha value is -2.86. The van der Waals surface area contributed by atoms with E-state index in [1.165, 1.54) is 7.11 Å². The van der Waals surface area contributed by atoms with Gasteiger partial charge in [-0.2, -0.15) is 0 Å². The number of hydrogen-bond acceptors (Lipinski definition) is 5. The van der Waals surface area contributed by atoms with Crippen molar-refractivity contribution in [3.63, 3.8) is 0 Å². The Morgan fingerprint density at radius 3 is 2.92 bits per heavy atom. The molecule has 1 aromatic heterocycles. The fraction of sp³-hybridized carbons (Fsp3) is 0.263. The van der Waals surface area contributed by atoms with Gasteiger partial charge in [-0.15, -0.1) is 0 Å². The van der Waals surface area contributed by atoms with E-state index in [0.717, 1.165) is 18.7 Å². The first kappa shape index (κ1) is 15.7. The molecule has 1 atom stereocenters. The highest BCUT2D eigenvalue weighted by molar-refractivity contribution is 5.96. The number of nitrogens with zero attached hydrogens (tertiary/aromatic N) is 1. The first-order valence-electron chi connectivity index (χ1n) is 8.17. The molecule has 1 unspecified atom stereocenters. The molecule has 25 heavy (non-hydrogen) atoms. The summed E-state index contributed by atoms with van der Waals surface area (Å²) >= 11 is 0. The van der Waals surface area contributed by atoms with E-state index in [-0.39, 0.29) is 0 Å². The minimum Gasteiger partial charge on any atom is -0.497 e. The molecule has 1 amide bonds. The molecule has 6 nitrogen and oxygen atoms in total. The zero-order chi connectivity index (χ0) is 17.4. The number of aliphatic hydroxyl groups excluding tert-OH is 1. The average Bonchev–Trinajstić information content (AvgIpc) is 3.40. The summed E-state index contributed by atoms with van der Waals surface area (Å²) in [4.78, 5) is 16.8. The van der Waals surface area contributed by atoms with Crippen LogP contribution >= 0.6 is 0 Å². The van der Waals surface area contributed by atoms with Crippen LogP contribution in [0, 0.1) is 0 Å². The van der Waals surface area contributed by atoms with Gasteiger partial charge in [0.15, 0.2) is 17.6 Å². The zero-order valence-corrected chi connectivity index (χ0v) is 13.7. The molecule has 1 saturated carbocycles. The Bertz CT molecular complexity index is 930. The number of benzene rings is 2. The lowest BCUT2D eigenvalue weighted by atomic mass is 10.1. The lowest BCUT2D eigenvalue weighted by Gasteiger charge is -2.12. The average molecular weight is 338 g/mol. The molecule has 6 heteroatoms. The minimum absolute atomic E-state index is 0.431. The maximum absolute atomic E-state index is 12.3. The third-order valence-electron chi connectivity index (χ3n) is 4.26. The number of fused-ring (bicyclic) bond motifs is 1. The normalized spacial score (nSPS) is 15.1. The van der Waals surface area contributed by atoms with Gasteiger partial charge in [0, 0.05) is 11.6 Å². The largest absolute Gasteiger partial charge is 0.497 e. The molecule has 1 heterocycles. The lowest BCUT2D eigenvalue weighted by molar-refractivity contribution is -0.124. The summed E-state index contributed by atoms with van der Waals surface area (Å²) in [5, 5.41) is 13.0. The summed E-state index contributed by atoms with van der Waals surface area (Å²) in [5.74, 6) is 1.26. The molecule has 1 fully saturated rings. The van der Waals surface area contributed by atoms with Crippen molar-refractivity contribution in [2.24, 2.45) is 0 Å². The minimum atomic E-state index is -1.29. The number of anilines is 1. The Kier molecular flexibility index (Phi) is 3.89. The van der Waals surface area contributed by atoms with E-state index in [1.807, 2.05) is 0 Å². The van der Waals surface area contributed by atoms with E-state index in [1.54, 1.807) is 42.5 Å². The molecule has 128 valence electrons. The van der Waals surface area contributed by atoms with Crippen molar-refractivity contribution < 1.29 is 19.1 Å². The maximum atomic E-state index is 12.3.